The van der Waals surface area contributed by atoms with Gasteiger partial charge in [-0.3, -0.25) is 0 Å². The Kier molecular flexibility index (Phi) is 2.52. The molecule has 76 valence electrons. The highest BCUT2D eigenvalue weighted by Gasteiger charge is 2.35. The molecule has 1 atom stereocenters. The molecule has 1 unspecified atom stereocenters. The molecule has 0 radical (unpaired) electrons. The smallest absolute Gasteiger partial charge is 0.103 e. The molecule has 3 heteroatoms. The number of benzene rings is 1. The Morgan fingerprint density at radius 3 is 2.50 bits per heavy atom. The highest BCUT2D eigenvalue weighted by atomic mass is 35.5. The summed E-state index contributed by atoms with van der Waals surface area (Å²) in [4.78, 5) is 2.13. The fraction of sp³-hybridized carbons (Fsp3) is 0.455. The molecule has 0 spiro atoms. The summed E-state index contributed by atoms with van der Waals surface area (Å²) in [6.45, 7) is 1.65. The Morgan fingerprint density at radius 2 is 2.00 bits per heavy atom. The van der Waals surface area contributed by atoms with E-state index < -0.39 is 5.60 Å². The number of likely N-dealkylation sites (N-methyl/N-ethyl adjacent to an activating group) is 1. The first-order valence-corrected chi connectivity index (χ1v) is 5.15. The van der Waals surface area contributed by atoms with Gasteiger partial charge in [0.15, 0.2) is 0 Å². The van der Waals surface area contributed by atoms with Crippen LogP contribution in [0.5, 0.6) is 0 Å². The van der Waals surface area contributed by atoms with Gasteiger partial charge < -0.3 is 10.0 Å². The third-order valence-electron chi connectivity index (χ3n) is 2.82. The first kappa shape index (κ1) is 9.97. The minimum Gasteiger partial charge on any atom is -0.384 e. The van der Waals surface area contributed by atoms with Crippen LogP contribution in [0.4, 0.5) is 0 Å². The molecule has 0 bridgehead atoms. The molecule has 0 aliphatic carbocycles. The van der Waals surface area contributed by atoms with E-state index in [1.54, 1.807) is 0 Å². The van der Waals surface area contributed by atoms with Crippen molar-refractivity contribution >= 4 is 11.6 Å². The third-order valence-corrected chi connectivity index (χ3v) is 3.07. The van der Waals surface area contributed by atoms with Crippen molar-refractivity contribution in [1.29, 1.82) is 0 Å². The average molecular weight is 212 g/mol. The van der Waals surface area contributed by atoms with Gasteiger partial charge in [-0.15, -0.1) is 0 Å². The molecule has 1 aliphatic rings. The van der Waals surface area contributed by atoms with Gasteiger partial charge >= 0.3 is 0 Å². The number of aliphatic hydroxyl groups is 1. The molecule has 0 amide bonds. The Morgan fingerprint density at radius 1 is 1.36 bits per heavy atom. The van der Waals surface area contributed by atoms with Crippen molar-refractivity contribution in [3.63, 3.8) is 0 Å². The zero-order valence-corrected chi connectivity index (χ0v) is 8.96. The summed E-state index contributed by atoms with van der Waals surface area (Å²) in [5.41, 5.74) is 0.283. The molecule has 14 heavy (non-hydrogen) atoms. The monoisotopic (exact) mass is 211 g/mol. The number of halogens is 1. The van der Waals surface area contributed by atoms with Gasteiger partial charge in [-0.25, -0.2) is 0 Å². The van der Waals surface area contributed by atoms with Gasteiger partial charge in [0, 0.05) is 18.1 Å². The van der Waals surface area contributed by atoms with Gasteiger partial charge in [-0.05, 0) is 31.2 Å². The maximum atomic E-state index is 10.3. The zero-order valence-electron chi connectivity index (χ0n) is 8.20. The van der Waals surface area contributed by atoms with Crippen molar-refractivity contribution in [3.05, 3.63) is 34.9 Å². The number of hydrogen-bond donors (Lipinski definition) is 1. The van der Waals surface area contributed by atoms with E-state index in [0.717, 1.165) is 18.5 Å². The Hall–Kier alpha value is -0.570. The lowest BCUT2D eigenvalue weighted by Gasteiger charge is -2.22. The molecule has 2 rings (SSSR count). The van der Waals surface area contributed by atoms with E-state index in [-0.39, 0.29) is 0 Å². The van der Waals surface area contributed by atoms with Crippen LogP contribution >= 0.6 is 11.6 Å². The molecular formula is C11H14ClNO. The fourth-order valence-electron chi connectivity index (χ4n) is 1.98. The van der Waals surface area contributed by atoms with Gasteiger partial charge in [0.1, 0.15) is 5.60 Å². The second kappa shape index (κ2) is 3.54. The summed E-state index contributed by atoms with van der Waals surface area (Å²) < 4.78 is 0. The number of rotatable bonds is 1. The van der Waals surface area contributed by atoms with Crippen LogP contribution in [-0.4, -0.2) is 30.1 Å². The standard InChI is InChI=1S/C11H14ClNO/c1-13-7-6-11(14,8-13)9-2-4-10(12)5-3-9/h2-5,14H,6-8H2,1H3. The van der Waals surface area contributed by atoms with Crippen molar-refractivity contribution in [2.24, 2.45) is 0 Å². The largest absolute Gasteiger partial charge is 0.384 e. The highest BCUT2D eigenvalue weighted by Crippen LogP contribution is 2.31. The summed E-state index contributed by atoms with van der Waals surface area (Å²) in [5.74, 6) is 0. The molecule has 1 aromatic rings. The number of β-amino-alcohol motifs (C(OH)–C–C–N with tert-alkyl or cyclic N) is 1. The van der Waals surface area contributed by atoms with Crippen LogP contribution in [0.2, 0.25) is 5.02 Å². The summed E-state index contributed by atoms with van der Waals surface area (Å²) >= 11 is 5.80. The Labute approximate surface area is 89.1 Å². The van der Waals surface area contributed by atoms with Gasteiger partial charge in [0.2, 0.25) is 0 Å². The van der Waals surface area contributed by atoms with Gasteiger partial charge in [-0.2, -0.15) is 0 Å². The van der Waals surface area contributed by atoms with Crippen LogP contribution in [0.1, 0.15) is 12.0 Å². The second-order valence-electron chi connectivity index (χ2n) is 4.03. The Balaban J connectivity index is 2.26. The molecule has 0 saturated carbocycles. The van der Waals surface area contributed by atoms with E-state index in [2.05, 4.69) is 4.90 Å². The predicted molar refractivity (Wildman–Crippen MR) is 57.5 cm³/mol. The molecule has 1 fully saturated rings. The van der Waals surface area contributed by atoms with Gasteiger partial charge in [0.25, 0.3) is 0 Å². The number of nitrogens with zero attached hydrogens (tertiary/aromatic N) is 1. The average Bonchev–Trinajstić information content (AvgIpc) is 2.48. The van der Waals surface area contributed by atoms with Gasteiger partial charge in [-0.1, -0.05) is 23.7 Å². The van der Waals surface area contributed by atoms with Crippen molar-refractivity contribution in [2.45, 2.75) is 12.0 Å². The summed E-state index contributed by atoms with van der Waals surface area (Å²) in [5, 5.41) is 11.1. The molecular weight excluding hydrogens is 198 g/mol. The SMILES string of the molecule is CN1CCC(O)(c2ccc(Cl)cc2)C1. The minimum absolute atomic E-state index is 0.681. The number of likely N-dealkylation sites (tertiary alicyclic amines) is 1. The van der Waals surface area contributed by atoms with Crippen LogP contribution in [0.15, 0.2) is 24.3 Å². The molecule has 1 heterocycles. The first-order valence-electron chi connectivity index (χ1n) is 4.77. The van der Waals surface area contributed by atoms with Crippen molar-refractivity contribution in [3.8, 4) is 0 Å². The minimum atomic E-state index is -0.681. The van der Waals surface area contributed by atoms with Gasteiger partial charge in [0.05, 0.1) is 0 Å². The van der Waals surface area contributed by atoms with E-state index in [0.29, 0.717) is 11.6 Å². The van der Waals surface area contributed by atoms with E-state index in [1.165, 1.54) is 0 Å². The summed E-state index contributed by atoms with van der Waals surface area (Å²) in [6.07, 6.45) is 0.797. The van der Waals surface area contributed by atoms with Crippen molar-refractivity contribution in [2.75, 3.05) is 20.1 Å². The fourth-order valence-corrected chi connectivity index (χ4v) is 2.10. The van der Waals surface area contributed by atoms with E-state index in [1.807, 2.05) is 31.3 Å². The lowest BCUT2D eigenvalue weighted by atomic mass is 9.93. The molecule has 1 saturated heterocycles. The summed E-state index contributed by atoms with van der Waals surface area (Å²) in [6, 6.07) is 7.46. The normalized spacial score (nSPS) is 28.2. The summed E-state index contributed by atoms with van der Waals surface area (Å²) in [7, 11) is 2.02. The van der Waals surface area contributed by atoms with Crippen molar-refractivity contribution in [1.82, 2.24) is 4.90 Å². The first-order chi connectivity index (χ1) is 6.60. The molecule has 1 aliphatic heterocycles. The number of hydrogen-bond acceptors (Lipinski definition) is 2. The third kappa shape index (κ3) is 1.78. The second-order valence-corrected chi connectivity index (χ2v) is 4.46. The highest BCUT2D eigenvalue weighted by molar-refractivity contribution is 6.30. The Bertz CT molecular complexity index is 325. The molecule has 0 aromatic heterocycles. The molecule has 2 nitrogen and oxygen atoms in total. The van der Waals surface area contributed by atoms with E-state index in [4.69, 9.17) is 11.6 Å². The maximum Gasteiger partial charge on any atom is 0.103 e. The zero-order chi connectivity index (χ0) is 10.2. The van der Waals surface area contributed by atoms with Crippen molar-refractivity contribution < 1.29 is 5.11 Å². The lowest BCUT2D eigenvalue weighted by Crippen LogP contribution is -2.28. The van der Waals surface area contributed by atoms with Crippen LogP contribution in [0.25, 0.3) is 0 Å². The predicted octanol–water partition coefficient (Wildman–Crippen LogP) is 1.86. The lowest BCUT2D eigenvalue weighted by molar-refractivity contribution is 0.0489. The van der Waals surface area contributed by atoms with Crippen LogP contribution < -0.4 is 0 Å². The molecule has 1 N–H and O–H groups in total. The van der Waals surface area contributed by atoms with Crippen LogP contribution in [0, 0.1) is 0 Å². The van der Waals surface area contributed by atoms with E-state index in [9.17, 15) is 5.11 Å². The van der Waals surface area contributed by atoms with Crippen LogP contribution in [-0.2, 0) is 5.60 Å². The topological polar surface area (TPSA) is 23.5 Å². The van der Waals surface area contributed by atoms with Crippen LogP contribution in [0.3, 0.4) is 0 Å². The van der Waals surface area contributed by atoms with E-state index >= 15 is 0 Å². The molecule has 1 aromatic carbocycles. The maximum absolute atomic E-state index is 10.3. The quantitative estimate of drug-likeness (QED) is 0.767.